The highest BCUT2D eigenvalue weighted by molar-refractivity contribution is 6.59. The lowest BCUT2D eigenvalue weighted by atomic mass is 10.7. The van der Waals surface area contributed by atoms with Crippen LogP contribution in [0.25, 0.3) is 0 Å². The van der Waals surface area contributed by atoms with Crippen LogP contribution in [0, 0.1) is 0 Å². The zero-order valence-electron chi connectivity index (χ0n) is 5.87. The van der Waals surface area contributed by atoms with Crippen molar-refractivity contribution < 1.29 is 24.5 Å². The van der Waals surface area contributed by atoms with Crippen LogP contribution in [0.4, 0.5) is 4.79 Å². The van der Waals surface area contributed by atoms with E-state index in [1.165, 1.54) is 0 Å². The molecule has 66 valence electrons. The van der Waals surface area contributed by atoms with Crippen molar-refractivity contribution in [3.05, 3.63) is 0 Å². The second-order valence-electron chi connectivity index (χ2n) is 1.20. The maximum Gasteiger partial charge on any atom is 0.331 e. The van der Waals surface area contributed by atoms with E-state index in [0.29, 0.717) is 6.61 Å². The SMILES string of the molecule is CCOC(=O)CO.O=C([O-])Cl. The van der Waals surface area contributed by atoms with Gasteiger partial charge in [-0.1, -0.05) is 11.6 Å². The van der Waals surface area contributed by atoms with Crippen LogP contribution < -0.4 is 5.11 Å². The van der Waals surface area contributed by atoms with Crippen molar-refractivity contribution in [3.8, 4) is 0 Å². The van der Waals surface area contributed by atoms with Gasteiger partial charge < -0.3 is 19.7 Å². The molecule has 6 heteroatoms. The Bertz CT molecular complexity index is 120. The Kier molecular flexibility index (Phi) is 10.7. The number of rotatable bonds is 2. The third kappa shape index (κ3) is 27.1. The number of ether oxygens (including phenoxy) is 1. The van der Waals surface area contributed by atoms with E-state index in [1.54, 1.807) is 6.92 Å². The number of aliphatic hydroxyl groups excluding tert-OH is 1. The van der Waals surface area contributed by atoms with Crippen LogP contribution >= 0.6 is 11.6 Å². The fraction of sp³-hybridized carbons (Fsp3) is 0.600. The van der Waals surface area contributed by atoms with E-state index >= 15 is 0 Å². The Labute approximate surface area is 68.5 Å². The number of carbonyl (C=O) groups excluding carboxylic acids is 2. The molecule has 11 heavy (non-hydrogen) atoms. The molecule has 0 aliphatic carbocycles. The van der Waals surface area contributed by atoms with Crippen LogP contribution in [0.3, 0.4) is 0 Å². The molecule has 0 unspecified atom stereocenters. The van der Waals surface area contributed by atoms with Gasteiger partial charge in [0, 0.05) is 0 Å². The first kappa shape index (κ1) is 12.8. The Balaban J connectivity index is 0. The van der Waals surface area contributed by atoms with Crippen LogP contribution in [0.1, 0.15) is 6.92 Å². The second kappa shape index (κ2) is 9.19. The number of carboxylic acid groups (broad SMARTS) is 1. The molecule has 0 radical (unpaired) electrons. The standard InChI is InChI=1S/C4H8O3.CHClO2/c1-2-7-4(6)3-5;2-1(3)4/h5H,2-3H2,1H3;(H,3,4)/p-1. The minimum absolute atomic E-state index is 0.333. The molecule has 0 heterocycles. The van der Waals surface area contributed by atoms with Gasteiger partial charge in [0.05, 0.1) is 6.61 Å². The summed E-state index contributed by atoms with van der Waals surface area (Å²) in [6, 6.07) is 0. The molecule has 0 rings (SSSR count). The monoisotopic (exact) mass is 183 g/mol. The second-order valence-corrected chi connectivity index (χ2v) is 1.51. The van der Waals surface area contributed by atoms with Crippen molar-refractivity contribution in [1.29, 1.82) is 0 Å². The van der Waals surface area contributed by atoms with E-state index in [4.69, 9.17) is 15.0 Å². The van der Waals surface area contributed by atoms with E-state index in [0.717, 1.165) is 0 Å². The molecule has 0 aromatic heterocycles. The van der Waals surface area contributed by atoms with Crippen LogP contribution in [-0.2, 0) is 9.53 Å². The smallest absolute Gasteiger partial charge is 0.331 e. The van der Waals surface area contributed by atoms with Crippen LogP contribution in [-0.4, -0.2) is 29.7 Å². The van der Waals surface area contributed by atoms with Gasteiger partial charge in [-0.3, -0.25) is 0 Å². The van der Waals surface area contributed by atoms with Gasteiger partial charge in [-0.25, -0.2) is 4.79 Å². The van der Waals surface area contributed by atoms with Gasteiger partial charge in [0.15, 0.2) is 0 Å². The van der Waals surface area contributed by atoms with Crippen LogP contribution in [0.15, 0.2) is 0 Å². The predicted octanol–water partition coefficient (Wildman–Crippen LogP) is -0.890. The van der Waals surface area contributed by atoms with Gasteiger partial charge in [-0.15, -0.1) is 0 Å². The molecule has 0 atom stereocenters. The van der Waals surface area contributed by atoms with E-state index in [9.17, 15) is 4.79 Å². The molecular weight excluding hydrogens is 176 g/mol. The van der Waals surface area contributed by atoms with Crippen molar-refractivity contribution >= 4 is 23.0 Å². The molecule has 5 nitrogen and oxygen atoms in total. The summed E-state index contributed by atoms with van der Waals surface area (Å²) in [5, 5.41) is 16.6. The number of carbonyl (C=O) groups is 2. The van der Waals surface area contributed by atoms with Crippen molar-refractivity contribution in [2.75, 3.05) is 13.2 Å². The summed E-state index contributed by atoms with van der Waals surface area (Å²) >= 11 is 4.08. The molecule has 0 spiro atoms. The Hall–Kier alpha value is -0.810. The minimum Gasteiger partial charge on any atom is -0.534 e. The maximum atomic E-state index is 9.94. The fourth-order valence-electron chi connectivity index (χ4n) is 0.207. The Morgan fingerprint density at radius 3 is 2.09 bits per heavy atom. The summed E-state index contributed by atoms with van der Waals surface area (Å²) in [4.78, 5) is 18.6. The highest BCUT2D eigenvalue weighted by atomic mass is 35.5. The molecule has 0 amide bonds. The van der Waals surface area contributed by atoms with Gasteiger partial charge in [0.2, 0.25) is 0 Å². The number of halogens is 1. The number of esters is 1. The fourth-order valence-corrected chi connectivity index (χ4v) is 0.207. The molecule has 0 aromatic rings. The largest absolute Gasteiger partial charge is 0.534 e. The summed E-state index contributed by atoms with van der Waals surface area (Å²) in [5.74, 6) is -0.567. The minimum atomic E-state index is -1.61. The maximum absolute atomic E-state index is 9.94. The average Bonchev–Trinajstić information content (AvgIpc) is 1.87. The number of hydrogen-bond acceptors (Lipinski definition) is 5. The lowest BCUT2D eigenvalue weighted by Crippen LogP contribution is -2.11. The van der Waals surface area contributed by atoms with Crippen LogP contribution in [0.5, 0.6) is 0 Å². The Morgan fingerprint density at radius 2 is 2.00 bits per heavy atom. The molecule has 0 aromatic carbocycles. The molecule has 0 saturated heterocycles. The molecule has 0 aliphatic heterocycles. The number of aliphatic hydroxyl groups is 1. The lowest BCUT2D eigenvalue weighted by Gasteiger charge is -1.93. The summed E-state index contributed by atoms with van der Waals surface area (Å²) in [6.07, 6.45) is 0. The quantitative estimate of drug-likeness (QED) is 0.443. The van der Waals surface area contributed by atoms with Gasteiger partial charge in [0.25, 0.3) is 0 Å². The van der Waals surface area contributed by atoms with E-state index in [-0.39, 0.29) is 0 Å². The van der Waals surface area contributed by atoms with E-state index < -0.39 is 18.0 Å². The van der Waals surface area contributed by atoms with Crippen molar-refractivity contribution in [2.24, 2.45) is 0 Å². The first-order chi connectivity index (χ1) is 5.04. The molecule has 0 saturated carbocycles. The van der Waals surface area contributed by atoms with Crippen LogP contribution in [0.2, 0.25) is 0 Å². The Morgan fingerprint density at radius 1 is 1.64 bits per heavy atom. The summed E-state index contributed by atoms with van der Waals surface area (Å²) in [5.41, 5.74) is -1.61. The zero-order valence-corrected chi connectivity index (χ0v) is 6.63. The third-order valence-electron chi connectivity index (χ3n) is 0.434. The highest BCUT2D eigenvalue weighted by Crippen LogP contribution is 1.71. The van der Waals surface area contributed by atoms with E-state index in [2.05, 4.69) is 16.3 Å². The van der Waals surface area contributed by atoms with E-state index in [1.807, 2.05) is 0 Å². The van der Waals surface area contributed by atoms with Crippen molar-refractivity contribution in [3.63, 3.8) is 0 Å². The third-order valence-corrected chi connectivity index (χ3v) is 0.434. The first-order valence-electron chi connectivity index (χ1n) is 2.67. The predicted molar refractivity (Wildman–Crippen MR) is 35.0 cm³/mol. The lowest BCUT2D eigenvalue weighted by molar-refractivity contribution is -0.233. The van der Waals surface area contributed by atoms with Gasteiger partial charge in [-0.2, -0.15) is 0 Å². The zero-order chi connectivity index (χ0) is 9.28. The molecular formula is C5H8ClO5-. The van der Waals surface area contributed by atoms with Crippen molar-refractivity contribution in [2.45, 2.75) is 6.92 Å². The number of hydrogen-bond donors (Lipinski definition) is 1. The summed E-state index contributed by atoms with van der Waals surface area (Å²) in [6.45, 7) is 1.50. The molecule has 0 bridgehead atoms. The molecule has 1 N–H and O–H groups in total. The summed E-state index contributed by atoms with van der Waals surface area (Å²) in [7, 11) is 0. The topological polar surface area (TPSA) is 86.7 Å². The summed E-state index contributed by atoms with van der Waals surface area (Å²) < 4.78 is 4.30. The molecule has 0 fully saturated rings. The molecule has 0 aliphatic rings. The normalized spacial score (nSPS) is 7.55. The first-order valence-corrected chi connectivity index (χ1v) is 3.05. The average molecular weight is 184 g/mol. The van der Waals surface area contributed by atoms with Gasteiger partial charge in [-0.05, 0) is 6.92 Å². The van der Waals surface area contributed by atoms with Gasteiger partial charge >= 0.3 is 5.97 Å². The van der Waals surface area contributed by atoms with Crippen molar-refractivity contribution in [1.82, 2.24) is 0 Å². The van der Waals surface area contributed by atoms with Gasteiger partial charge in [0.1, 0.15) is 12.0 Å². The highest BCUT2D eigenvalue weighted by Gasteiger charge is 1.92.